The molecule has 1 aromatic heterocycles. The van der Waals surface area contributed by atoms with Crippen molar-refractivity contribution in [2.24, 2.45) is 5.73 Å². The largest absolute Gasteiger partial charge is 0.483 e. The quantitative estimate of drug-likeness (QED) is 0.348. The number of anilines is 1. The van der Waals surface area contributed by atoms with Crippen molar-refractivity contribution in [2.45, 2.75) is 25.8 Å². The average Bonchev–Trinajstić information content (AvgIpc) is 2.82. The average molecular weight is 501 g/mol. The summed E-state index contributed by atoms with van der Waals surface area (Å²) < 4.78 is 9.86. The molecule has 0 fully saturated rings. The Morgan fingerprint density at radius 1 is 1.12 bits per heavy atom. The first-order valence-electron chi connectivity index (χ1n) is 10.4. The number of hydrogen-bond acceptors (Lipinski definition) is 6. The number of carbonyl (C=O) groups excluding carboxylic acids is 2. The molecule has 8 nitrogen and oxygen atoms in total. The molecule has 3 rings (SSSR count). The van der Waals surface area contributed by atoms with Gasteiger partial charge in [-0.15, -0.1) is 0 Å². The molecule has 0 aliphatic rings. The van der Waals surface area contributed by atoms with E-state index in [1.807, 2.05) is 30.3 Å². The first-order chi connectivity index (χ1) is 16.3. The van der Waals surface area contributed by atoms with E-state index < -0.39 is 5.91 Å². The Labute approximate surface area is 206 Å². The van der Waals surface area contributed by atoms with Gasteiger partial charge in [0.25, 0.3) is 11.5 Å². The number of aromatic nitrogens is 1. The zero-order valence-corrected chi connectivity index (χ0v) is 20.1. The monoisotopic (exact) mass is 500 g/mol. The molecule has 0 aliphatic heterocycles. The van der Waals surface area contributed by atoms with Gasteiger partial charge in [0.1, 0.15) is 18.0 Å². The van der Waals surface area contributed by atoms with Crippen LogP contribution in [0.25, 0.3) is 0 Å². The fraction of sp³-hybridized carbons (Fsp3) is 0.208. The number of carbonyl (C=O) groups is 2. The van der Waals surface area contributed by atoms with E-state index in [-0.39, 0.29) is 31.2 Å². The Kier molecular flexibility index (Phi) is 9.00. The second-order valence-electron chi connectivity index (χ2n) is 7.44. The molecule has 0 unspecified atom stereocenters. The standard InChI is InChI=1S/C24H25ClN4O4S/c1-16-7-9-20(28-34-15-17-5-3-2-4-6-17)24(32)29(16)13-23(31)27-12-18-11-19(25)8-10-21(18)33-14-22(26)30/h2-11,28H,12-15H2,1H3,(H2,26,30)(H,27,31). The molecule has 0 saturated carbocycles. The lowest BCUT2D eigenvalue weighted by Gasteiger charge is -2.14. The summed E-state index contributed by atoms with van der Waals surface area (Å²) >= 11 is 7.45. The number of rotatable bonds is 11. The molecule has 2 aromatic carbocycles. The summed E-state index contributed by atoms with van der Waals surface area (Å²) in [5, 5.41) is 3.22. The number of hydrogen-bond donors (Lipinski definition) is 3. The van der Waals surface area contributed by atoms with Gasteiger partial charge in [-0.3, -0.25) is 14.4 Å². The minimum Gasteiger partial charge on any atom is -0.483 e. The number of nitrogens with one attached hydrogen (secondary N) is 2. The van der Waals surface area contributed by atoms with Crippen molar-refractivity contribution in [1.82, 2.24) is 9.88 Å². The number of ether oxygens (including phenoxy) is 1. The molecule has 0 bridgehead atoms. The van der Waals surface area contributed by atoms with Gasteiger partial charge in [-0.05, 0) is 54.8 Å². The van der Waals surface area contributed by atoms with Crippen molar-refractivity contribution < 1.29 is 14.3 Å². The van der Waals surface area contributed by atoms with E-state index in [1.54, 1.807) is 37.3 Å². The Balaban J connectivity index is 1.62. The number of nitrogens with two attached hydrogens (primary N) is 1. The number of aryl methyl sites for hydroxylation is 1. The van der Waals surface area contributed by atoms with Crippen LogP contribution in [0.3, 0.4) is 0 Å². The minimum absolute atomic E-state index is 0.103. The van der Waals surface area contributed by atoms with E-state index in [2.05, 4.69) is 10.0 Å². The molecule has 178 valence electrons. The van der Waals surface area contributed by atoms with Crippen LogP contribution in [0.15, 0.2) is 65.5 Å². The van der Waals surface area contributed by atoms with Gasteiger partial charge in [0.2, 0.25) is 5.91 Å². The lowest BCUT2D eigenvalue weighted by Crippen LogP contribution is -2.33. The molecule has 0 spiro atoms. The van der Waals surface area contributed by atoms with Gasteiger partial charge >= 0.3 is 0 Å². The zero-order valence-electron chi connectivity index (χ0n) is 18.5. The third-order valence-corrected chi connectivity index (χ3v) is 5.90. The third-order valence-electron chi connectivity index (χ3n) is 4.83. The lowest BCUT2D eigenvalue weighted by atomic mass is 10.2. The number of halogens is 1. The maximum Gasteiger partial charge on any atom is 0.275 e. The number of benzene rings is 2. The van der Waals surface area contributed by atoms with E-state index in [4.69, 9.17) is 22.1 Å². The van der Waals surface area contributed by atoms with Crippen molar-refractivity contribution in [1.29, 1.82) is 0 Å². The lowest BCUT2D eigenvalue weighted by molar-refractivity contribution is -0.122. The van der Waals surface area contributed by atoms with Crippen LogP contribution in [0, 0.1) is 6.92 Å². The number of pyridine rings is 1. The van der Waals surface area contributed by atoms with Gasteiger partial charge in [-0.25, -0.2) is 0 Å². The summed E-state index contributed by atoms with van der Waals surface area (Å²) in [7, 11) is 0. The predicted molar refractivity (Wildman–Crippen MR) is 135 cm³/mol. The van der Waals surface area contributed by atoms with Crippen LogP contribution < -0.4 is 26.1 Å². The van der Waals surface area contributed by atoms with E-state index in [0.29, 0.717) is 33.5 Å². The molecule has 1 heterocycles. The second-order valence-corrected chi connectivity index (χ2v) is 8.66. The fourth-order valence-electron chi connectivity index (χ4n) is 3.09. The van der Waals surface area contributed by atoms with Crippen LogP contribution in [0.2, 0.25) is 5.02 Å². The molecule has 0 radical (unpaired) electrons. The highest BCUT2D eigenvalue weighted by Gasteiger charge is 2.12. The van der Waals surface area contributed by atoms with Gasteiger partial charge < -0.3 is 25.1 Å². The van der Waals surface area contributed by atoms with Crippen molar-refractivity contribution in [2.75, 3.05) is 11.3 Å². The van der Waals surface area contributed by atoms with Crippen LogP contribution in [-0.2, 0) is 28.4 Å². The third kappa shape index (κ3) is 7.29. The van der Waals surface area contributed by atoms with Crippen molar-refractivity contribution in [3.63, 3.8) is 0 Å². The maximum absolute atomic E-state index is 12.9. The predicted octanol–water partition coefficient (Wildman–Crippen LogP) is 3.25. The maximum atomic E-state index is 12.9. The van der Waals surface area contributed by atoms with Gasteiger partial charge in [0.15, 0.2) is 6.61 Å². The topological polar surface area (TPSA) is 115 Å². The summed E-state index contributed by atoms with van der Waals surface area (Å²) in [5.41, 5.74) is 7.61. The minimum atomic E-state index is -0.616. The van der Waals surface area contributed by atoms with Gasteiger partial charge in [0, 0.05) is 28.6 Å². The zero-order chi connectivity index (χ0) is 24.5. The summed E-state index contributed by atoms with van der Waals surface area (Å²) in [5.74, 6) is 0.0999. The van der Waals surface area contributed by atoms with E-state index >= 15 is 0 Å². The molecule has 0 saturated heterocycles. The van der Waals surface area contributed by atoms with Gasteiger partial charge in [0.05, 0.1) is 0 Å². The number of nitrogens with zero attached hydrogens (tertiary/aromatic N) is 1. The Hall–Kier alpha value is -3.43. The molecule has 4 N–H and O–H groups in total. The molecular formula is C24H25ClN4O4S. The van der Waals surface area contributed by atoms with Crippen molar-refractivity contribution >= 4 is 41.1 Å². The van der Waals surface area contributed by atoms with Crippen LogP contribution in [0.1, 0.15) is 16.8 Å². The van der Waals surface area contributed by atoms with Gasteiger partial charge in [-0.2, -0.15) is 0 Å². The van der Waals surface area contributed by atoms with Gasteiger partial charge in [-0.1, -0.05) is 41.9 Å². The SMILES string of the molecule is Cc1ccc(NSCc2ccccc2)c(=O)n1CC(=O)NCc1cc(Cl)ccc1OCC(N)=O. The van der Waals surface area contributed by atoms with Crippen molar-refractivity contribution in [3.05, 3.63) is 92.9 Å². The number of amides is 2. The van der Waals surface area contributed by atoms with E-state index in [1.165, 1.54) is 16.5 Å². The summed E-state index contributed by atoms with van der Waals surface area (Å²) in [6, 6.07) is 18.2. The van der Waals surface area contributed by atoms with E-state index in [9.17, 15) is 14.4 Å². The van der Waals surface area contributed by atoms with Crippen LogP contribution >= 0.6 is 23.5 Å². The highest BCUT2D eigenvalue weighted by atomic mass is 35.5. The summed E-state index contributed by atoms with van der Waals surface area (Å²) in [6.07, 6.45) is 0. The Morgan fingerprint density at radius 2 is 1.88 bits per heavy atom. The second kappa shape index (κ2) is 12.2. The molecular weight excluding hydrogens is 476 g/mol. The smallest absolute Gasteiger partial charge is 0.275 e. The molecule has 3 aromatic rings. The van der Waals surface area contributed by atoms with E-state index in [0.717, 1.165) is 5.56 Å². The van der Waals surface area contributed by atoms with Crippen LogP contribution in [0.4, 0.5) is 5.69 Å². The highest BCUT2D eigenvalue weighted by Crippen LogP contribution is 2.23. The van der Waals surface area contributed by atoms with Crippen LogP contribution in [0.5, 0.6) is 5.75 Å². The molecule has 0 atom stereocenters. The Bertz CT molecular complexity index is 1220. The first kappa shape index (κ1) is 25.2. The fourth-order valence-corrected chi connectivity index (χ4v) is 4.02. The van der Waals surface area contributed by atoms with Crippen LogP contribution in [-0.4, -0.2) is 23.0 Å². The molecule has 34 heavy (non-hydrogen) atoms. The van der Waals surface area contributed by atoms with Crippen molar-refractivity contribution in [3.8, 4) is 5.75 Å². The molecule has 10 heteroatoms. The number of primary amides is 1. The molecule has 2 amide bonds. The normalized spacial score (nSPS) is 10.5. The summed E-state index contributed by atoms with van der Waals surface area (Å²) in [6.45, 7) is 1.43. The Morgan fingerprint density at radius 3 is 2.62 bits per heavy atom. The summed E-state index contributed by atoms with van der Waals surface area (Å²) in [4.78, 5) is 36.5. The highest BCUT2D eigenvalue weighted by molar-refractivity contribution is 7.99. The first-order valence-corrected chi connectivity index (χ1v) is 11.8. The molecule has 0 aliphatic carbocycles.